The minimum atomic E-state index is -4.48. The average Bonchev–Trinajstić information content (AvgIpc) is 2.15. The number of alkyl halides is 3. The fourth-order valence-corrected chi connectivity index (χ4v) is 1.27. The van der Waals surface area contributed by atoms with E-state index in [9.17, 15) is 13.2 Å². The van der Waals surface area contributed by atoms with E-state index in [1.54, 1.807) is 6.07 Å². The molecule has 0 unspecified atom stereocenters. The molecule has 0 amide bonds. The summed E-state index contributed by atoms with van der Waals surface area (Å²) in [5, 5.41) is 8.51. The van der Waals surface area contributed by atoms with Gasteiger partial charge in [-0.05, 0) is 24.6 Å². The minimum Gasteiger partial charge on any atom is -0.324 e. The quantitative estimate of drug-likeness (QED) is 0.781. The number of nitrogens with zero attached hydrogens (tertiary/aromatic N) is 1. The van der Waals surface area contributed by atoms with Crippen molar-refractivity contribution in [1.82, 2.24) is 0 Å². The standard InChI is InChI=1S/C10H9F3N2/c1-6(15)8-3-2-7(5-14)4-9(8)10(11,12)13/h2-4,6H,15H2,1H3/t6-/m0/s1. The van der Waals surface area contributed by atoms with Gasteiger partial charge >= 0.3 is 6.18 Å². The zero-order valence-corrected chi connectivity index (χ0v) is 7.97. The van der Waals surface area contributed by atoms with Gasteiger partial charge in [-0.25, -0.2) is 0 Å². The Morgan fingerprint density at radius 1 is 1.40 bits per heavy atom. The molecule has 0 aromatic heterocycles. The van der Waals surface area contributed by atoms with Gasteiger partial charge in [0, 0.05) is 6.04 Å². The van der Waals surface area contributed by atoms with Gasteiger partial charge in [0.05, 0.1) is 17.2 Å². The fraction of sp³-hybridized carbons (Fsp3) is 0.300. The first kappa shape index (κ1) is 11.5. The van der Waals surface area contributed by atoms with E-state index in [1.807, 2.05) is 0 Å². The number of hydrogen-bond acceptors (Lipinski definition) is 2. The van der Waals surface area contributed by atoms with Crippen molar-refractivity contribution in [3.8, 4) is 6.07 Å². The van der Waals surface area contributed by atoms with Crippen molar-refractivity contribution in [3.63, 3.8) is 0 Å². The average molecular weight is 214 g/mol. The summed E-state index contributed by atoms with van der Waals surface area (Å²) in [6.07, 6.45) is -4.48. The molecule has 0 radical (unpaired) electrons. The molecular weight excluding hydrogens is 205 g/mol. The smallest absolute Gasteiger partial charge is 0.324 e. The van der Waals surface area contributed by atoms with Gasteiger partial charge in [-0.1, -0.05) is 6.07 Å². The Hall–Kier alpha value is -1.54. The number of nitrogens with two attached hydrogens (primary N) is 1. The Morgan fingerprint density at radius 2 is 2.00 bits per heavy atom. The topological polar surface area (TPSA) is 49.8 Å². The highest BCUT2D eigenvalue weighted by Gasteiger charge is 2.34. The molecule has 2 N–H and O–H groups in total. The highest BCUT2D eigenvalue weighted by Crippen LogP contribution is 2.34. The second kappa shape index (κ2) is 3.91. The van der Waals surface area contributed by atoms with Gasteiger partial charge in [0.1, 0.15) is 0 Å². The van der Waals surface area contributed by atoms with Gasteiger partial charge < -0.3 is 5.73 Å². The third-order valence-corrected chi connectivity index (χ3v) is 1.98. The lowest BCUT2D eigenvalue weighted by atomic mass is 9.99. The molecule has 80 valence electrons. The van der Waals surface area contributed by atoms with Crippen LogP contribution in [0.25, 0.3) is 0 Å². The molecular formula is C10H9F3N2. The third-order valence-electron chi connectivity index (χ3n) is 1.98. The molecule has 0 aliphatic heterocycles. The highest BCUT2D eigenvalue weighted by molar-refractivity contribution is 5.40. The molecule has 0 spiro atoms. The molecule has 0 saturated carbocycles. The van der Waals surface area contributed by atoms with Crippen molar-refractivity contribution in [2.75, 3.05) is 0 Å². The van der Waals surface area contributed by atoms with Gasteiger partial charge in [0.2, 0.25) is 0 Å². The maximum absolute atomic E-state index is 12.6. The number of rotatable bonds is 1. The Labute approximate surface area is 85.1 Å². The zero-order valence-electron chi connectivity index (χ0n) is 7.97. The molecule has 5 heteroatoms. The maximum Gasteiger partial charge on any atom is 0.416 e. The van der Waals surface area contributed by atoms with Gasteiger partial charge in [-0.2, -0.15) is 18.4 Å². The first-order valence-electron chi connectivity index (χ1n) is 4.23. The van der Waals surface area contributed by atoms with Crippen LogP contribution in [0.15, 0.2) is 18.2 Å². The molecule has 1 aromatic carbocycles. The minimum absolute atomic E-state index is 0.00139. The van der Waals surface area contributed by atoms with Gasteiger partial charge in [0.25, 0.3) is 0 Å². The molecule has 0 aliphatic rings. The summed E-state index contributed by atoms with van der Waals surface area (Å²) >= 11 is 0. The lowest BCUT2D eigenvalue weighted by molar-refractivity contribution is -0.138. The maximum atomic E-state index is 12.6. The predicted octanol–water partition coefficient (Wildman–Crippen LogP) is 2.60. The van der Waals surface area contributed by atoms with Crippen molar-refractivity contribution in [3.05, 3.63) is 34.9 Å². The second-order valence-electron chi connectivity index (χ2n) is 3.20. The fourth-order valence-electron chi connectivity index (χ4n) is 1.27. The van der Waals surface area contributed by atoms with Crippen molar-refractivity contribution in [2.45, 2.75) is 19.1 Å². The molecule has 0 fully saturated rings. The van der Waals surface area contributed by atoms with E-state index in [2.05, 4.69) is 0 Å². The summed E-state index contributed by atoms with van der Waals surface area (Å²) in [4.78, 5) is 0. The van der Waals surface area contributed by atoms with Crippen LogP contribution in [0, 0.1) is 11.3 Å². The lowest BCUT2D eigenvalue weighted by Crippen LogP contribution is -2.15. The van der Waals surface area contributed by atoms with Crippen molar-refractivity contribution in [2.24, 2.45) is 5.73 Å². The molecule has 15 heavy (non-hydrogen) atoms. The molecule has 1 atom stereocenters. The molecule has 0 saturated heterocycles. The highest BCUT2D eigenvalue weighted by atomic mass is 19.4. The molecule has 0 heterocycles. The third kappa shape index (κ3) is 2.48. The van der Waals surface area contributed by atoms with Crippen molar-refractivity contribution < 1.29 is 13.2 Å². The Morgan fingerprint density at radius 3 is 2.40 bits per heavy atom. The number of halogens is 3. The summed E-state index contributed by atoms with van der Waals surface area (Å²) in [6.45, 7) is 1.47. The Bertz CT molecular complexity index is 402. The molecule has 0 bridgehead atoms. The molecule has 1 aromatic rings. The summed E-state index contributed by atoms with van der Waals surface area (Å²) in [5.74, 6) is 0. The van der Waals surface area contributed by atoms with Crippen LogP contribution in [-0.2, 0) is 6.18 Å². The summed E-state index contributed by atoms with van der Waals surface area (Å²) in [5.41, 5.74) is 4.56. The summed E-state index contributed by atoms with van der Waals surface area (Å²) in [7, 11) is 0. The van der Waals surface area contributed by atoms with Crippen LogP contribution >= 0.6 is 0 Å². The SMILES string of the molecule is C[C@H](N)c1ccc(C#N)cc1C(F)(F)F. The van der Waals surface area contributed by atoms with Crippen LogP contribution in [0.3, 0.4) is 0 Å². The van der Waals surface area contributed by atoms with E-state index in [0.717, 1.165) is 6.07 Å². The number of nitriles is 1. The largest absolute Gasteiger partial charge is 0.416 e. The number of benzene rings is 1. The van der Waals surface area contributed by atoms with Crippen molar-refractivity contribution in [1.29, 1.82) is 5.26 Å². The Balaban J connectivity index is 3.37. The van der Waals surface area contributed by atoms with E-state index < -0.39 is 17.8 Å². The Kier molecular flexibility index (Phi) is 3.01. The van der Waals surface area contributed by atoms with Gasteiger partial charge in [0.15, 0.2) is 0 Å². The summed E-state index contributed by atoms with van der Waals surface area (Å²) < 4.78 is 37.7. The van der Waals surface area contributed by atoms with E-state index >= 15 is 0 Å². The van der Waals surface area contributed by atoms with Gasteiger partial charge in [-0.3, -0.25) is 0 Å². The summed E-state index contributed by atoms with van der Waals surface area (Å²) in [6, 6.07) is 4.34. The van der Waals surface area contributed by atoms with Crippen LogP contribution in [0.2, 0.25) is 0 Å². The lowest BCUT2D eigenvalue weighted by Gasteiger charge is -2.15. The van der Waals surface area contributed by atoms with Crippen LogP contribution in [-0.4, -0.2) is 0 Å². The van der Waals surface area contributed by atoms with Crippen LogP contribution in [0.5, 0.6) is 0 Å². The molecule has 0 aliphatic carbocycles. The molecule has 1 rings (SSSR count). The van der Waals surface area contributed by atoms with E-state index in [4.69, 9.17) is 11.0 Å². The monoisotopic (exact) mass is 214 g/mol. The van der Waals surface area contributed by atoms with E-state index in [-0.39, 0.29) is 11.1 Å². The van der Waals surface area contributed by atoms with E-state index in [0.29, 0.717) is 0 Å². The van der Waals surface area contributed by atoms with Crippen LogP contribution in [0.4, 0.5) is 13.2 Å². The second-order valence-corrected chi connectivity index (χ2v) is 3.20. The zero-order chi connectivity index (χ0) is 11.6. The molecule has 2 nitrogen and oxygen atoms in total. The predicted molar refractivity (Wildman–Crippen MR) is 48.8 cm³/mol. The first-order valence-corrected chi connectivity index (χ1v) is 4.23. The first-order chi connectivity index (χ1) is 6.86. The van der Waals surface area contributed by atoms with Gasteiger partial charge in [-0.15, -0.1) is 0 Å². The van der Waals surface area contributed by atoms with E-state index in [1.165, 1.54) is 19.1 Å². The van der Waals surface area contributed by atoms with Crippen LogP contribution < -0.4 is 5.73 Å². The van der Waals surface area contributed by atoms with Crippen LogP contribution in [0.1, 0.15) is 29.7 Å². The number of hydrogen-bond donors (Lipinski definition) is 1. The van der Waals surface area contributed by atoms with Crippen molar-refractivity contribution >= 4 is 0 Å². The normalized spacial score (nSPS) is 13.3.